The van der Waals surface area contributed by atoms with Gasteiger partial charge in [0.05, 0.1) is 44.1 Å². The number of sulfonamides is 1. The van der Waals surface area contributed by atoms with Gasteiger partial charge in [-0.25, -0.2) is 21.6 Å². The normalized spacial score (nSPS) is 29.6. The number of nitrogens with zero attached hydrogens (tertiary/aromatic N) is 2. The first-order valence-corrected chi connectivity index (χ1v) is 22.7. The van der Waals surface area contributed by atoms with E-state index in [1.165, 1.54) is 4.90 Å². The first-order chi connectivity index (χ1) is 28.8. The van der Waals surface area contributed by atoms with Crippen LogP contribution in [0.25, 0.3) is 10.8 Å². The first kappa shape index (κ1) is 44.6. The summed E-state index contributed by atoms with van der Waals surface area (Å²) < 4.78 is 91.8. The molecule has 1 aromatic carbocycles. The predicted octanol–water partition coefficient (Wildman–Crippen LogP) is 6.44. The summed E-state index contributed by atoms with van der Waals surface area (Å²) >= 11 is 0. The lowest BCUT2D eigenvalue weighted by molar-refractivity contribution is -0.174. The maximum absolute atomic E-state index is 15.0. The number of esters is 1. The van der Waals surface area contributed by atoms with Gasteiger partial charge in [0.25, 0.3) is 6.43 Å². The van der Waals surface area contributed by atoms with Gasteiger partial charge in [0.1, 0.15) is 23.3 Å². The number of carbonyl (C=O) groups excluding carboxylic acids is 4. The van der Waals surface area contributed by atoms with E-state index in [0.717, 1.165) is 31.2 Å². The van der Waals surface area contributed by atoms with E-state index in [1.54, 1.807) is 13.2 Å². The maximum atomic E-state index is 15.0. The highest BCUT2D eigenvalue weighted by Crippen LogP contribution is 2.58. The highest BCUT2D eigenvalue weighted by atomic mass is 32.2. The van der Waals surface area contributed by atoms with E-state index >= 15 is 0 Å². The van der Waals surface area contributed by atoms with E-state index in [1.807, 2.05) is 38.1 Å². The van der Waals surface area contributed by atoms with Gasteiger partial charge in [-0.1, -0.05) is 26.0 Å². The van der Waals surface area contributed by atoms with Gasteiger partial charge in [0.2, 0.25) is 33.6 Å². The Morgan fingerprint density at radius 1 is 1.13 bits per heavy atom. The van der Waals surface area contributed by atoms with Crippen molar-refractivity contribution < 1.29 is 59.7 Å². The van der Waals surface area contributed by atoms with Crippen LogP contribution in [0.1, 0.15) is 97.5 Å². The third kappa shape index (κ3) is 8.95. The van der Waals surface area contributed by atoms with Crippen molar-refractivity contribution >= 4 is 44.4 Å². The van der Waals surface area contributed by atoms with Gasteiger partial charge in [0, 0.05) is 23.8 Å². The second-order valence-corrected chi connectivity index (χ2v) is 20.5. The summed E-state index contributed by atoms with van der Waals surface area (Å²) in [6, 6.07) is 4.27. The van der Waals surface area contributed by atoms with Crippen molar-refractivity contribution in [3.8, 4) is 17.5 Å². The number of benzene rings is 1. The lowest BCUT2D eigenvalue weighted by Gasteiger charge is -2.33. The number of ketones is 1. The SMILES string of the molecule is COc1ccc2c(O[C@@H]3C[C@H]4C(=O)C[C@]5(C(=O)NS(=O)(=O)C6(CF)CC6)C[C@H]5/C=C\CC[C@@H](C)C[C@@H](C)[C@H](CC(=O)OC(C)(C)C(F)F)C(=O)N4C3)nc3c(c2c1)CCCO3. The second-order valence-electron chi connectivity index (χ2n) is 18.4. The highest BCUT2D eigenvalue weighted by molar-refractivity contribution is 7.91. The maximum Gasteiger partial charge on any atom is 0.307 e. The van der Waals surface area contributed by atoms with Crippen molar-refractivity contribution in [2.24, 2.45) is 29.1 Å². The summed E-state index contributed by atoms with van der Waals surface area (Å²) in [5.74, 6) is -3.75. The number of nitrogens with one attached hydrogen (secondary N) is 1. The molecule has 2 aliphatic carbocycles. The lowest BCUT2D eigenvalue weighted by atomic mass is 9.82. The van der Waals surface area contributed by atoms with Gasteiger partial charge in [0.15, 0.2) is 11.4 Å². The molecule has 2 aromatic rings. The monoisotopic (exact) mass is 875 g/mol. The van der Waals surface area contributed by atoms with Crippen LogP contribution in [0.4, 0.5) is 13.2 Å². The van der Waals surface area contributed by atoms with Gasteiger partial charge < -0.3 is 23.8 Å². The topological polar surface area (TPSA) is 167 Å². The van der Waals surface area contributed by atoms with Crippen LogP contribution >= 0.6 is 0 Å². The van der Waals surface area contributed by atoms with Crippen LogP contribution in [0.3, 0.4) is 0 Å². The van der Waals surface area contributed by atoms with E-state index in [2.05, 4.69) is 4.72 Å². The molecule has 0 radical (unpaired) electrons. The van der Waals surface area contributed by atoms with Gasteiger partial charge in [-0.3, -0.25) is 23.9 Å². The lowest BCUT2D eigenvalue weighted by Crippen LogP contribution is -2.48. The molecule has 4 heterocycles. The van der Waals surface area contributed by atoms with Crippen molar-refractivity contribution in [3.05, 3.63) is 35.9 Å². The number of hydrogen-bond donors (Lipinski definition) is 1. The third-order valence-electron chi connectivity index (χ3n) is 13.4. The van der Waals surface area contributed by atoms with Crippen LogP contribution in [-0.2, 0) is 40.4 Å². The largest absolute Gasteiger partial charge is 0.497 e. The molecule has 2 amide bonds. The molecule has 3 fully saturated rings. The van der Waals surface area contributed by atoms with Gasteiger partial charge in [-0.05, 0) is 107 Å². The van der Waals surface area contributed by atoms with Gasteiger partial charge in [-0.2, -0.15) is 4.98 Å². The number of alkyl halides is 3. The molecular formula is C44H56F3N3O10S. The van der Waals surface area contributed by atoms with Crippen molar-refractivity contribution in [1.29, 1.82) is 0 Å². The summed E-state index contributed by atoms with van der Waals surface area (Å²) in [6.07, 6.45) is 2.47. The molecule has 17 heteroatoms. The fourth-order valence-electron chi connectivity index (χ4n) is 9.25. The predicted molar refractivity (Wildman–Crippen MR) is 217 cm³/mol. The Morgan fingerprint density at radius 3 is 2.57 bits per heavy atom. The van der Waals surface area contributed by atoms with E-state index in [0.29, 0.717) is 49.3 Å². The molecule has 0 unspecified atom stereocenters. The zero-order valence-corrected chi connectivity index (χ0v) is 36.2. The van der Waals surface area contributed by atoms with Crippen LogP contribution in [-0.4, -0.2) is 97.7 Å². The van der Waals surface area contributed by atoms with E-state index in [-0.39, 0.29) is 44.0 Å². The quantitative estimate of drug-likeness (QED) is 0.195. The zero-order valence-electron chi connectivity index (χ0n) is 35.3. The molecule has 2 saturated carbocycles. The third-order valence-corrected chi connectivity index (χ3v) is 15.5. The Hall–Kier alpha value is -4.41. The molecule has 13 nitrogen and oxygen atoms in total. The molecule has 1 aromatic heterocycles. The number of allylic oxidation sites excluding steroid dienone is 2. The smallest absolute Gasteiger partial charge is 0.307 e. The van der Waals surface area contributed by atoms with Crippen LogP contribution in [0, 0.1) is 29.1 Å². The number of hydrogen-bond acceptors (Lipinski definition) is 11. The number of ether oxygens (including phenoxy) is 4. The number of halogens is 3. The van der Waals surface area contributed by atoms with Crippen LogP contribution < -0.4 is 18.9 Å². The van der Waals surface area contributed by atoms with Crippen molar-refractivity contribution in [1.82, 2.24) is 14.6 Å². The van der Waals surface area contributed by atoms with Crippen LogP contribution in [0.2, 0.25) is 0 Å². The number of fused-ring (bicyclic) bond motifs is 5. The Labute approximate surface area is 354 Å². The summed E-state index contributed by atoms with van der Waals surface area (Å²) in [4.78, 5) is 63.3. The second kappa shape index (κ2) is 17.0. The van der Waals surface area contributed by atoms with Crippen LogP contribution in [0.15, 0.2) is 30.4 Å². The van der Waals surface area contributed by atoms with Crippen molar-refractivity contribution in [2.45, 2.75) is 127 Å². The number of amides is 2. The summed E-state index contributed by atoms with van der Waals surface area (Å²) in [6.45, 7) is 5.18. The van der Waals surface area contributed by atoms with Gasteiger partial charge >= 0.3 is 5.97 Å². The summed E-state index contributed by atoms with van der Waals surface area (Å²) in [7, 11) is -2.84. The standard InChI is InChI=1S/C44H56F3N3O10S/c1-25-9-6-7-10-27-21-44(27,41(54)49-61(55,56)43(24-45)14-15-43)22-35(51)34-19-29(23-50(34)39(53)32(26(2)17-25)20-36(52)60-42(3,4)40(46)47)59-38-31-13-12-28(57-5)18-33(31)30-11-8-16-58-37(30)48-38/h7,10,12-13,18,25-27,29,32,34,40H,6,8-9,11,14-17,19-24H2,1-5H3,(H,49,54)/b10-7-/t25-,26-,27-,29-,32+,34+,44-/m1/s1. The fourth-order valence-corrected chi connectivity index (χ4v) is 10.7. The Bertz CT molecular complexity index is 2200. The number of Topliss-reactive ketones (excluding diaryl/α,β-unsaturated/α-hetero) is 1. The minimum atomic E-state index is -4.40. The minimum Gasteiger partial charge on any atom is -0.497 e. The average Bonchev–Trinajstić information content (AvgIpc) is 4.12. The number of aryl methyl sites for hydroxylation is 1. The molecule has 1 saturated heterocycles. The van der Waals surface area contributed by atoms with Crippen molar-refractivity contribution in [3.63, 3.8) is 0 Å². The highest BCUT2D eigenvalue weighted by Gasteiger charge is 2.63. The molecule has 0 spiro atoms. The molecule has 3 aliphatic heterocycles. The van der Waals surface area contributed by atoms with Gasteiger partial charge in [-0.15, -0.1) is 0 Å². The molecular weight excluding hydrogens is 820 g/mol. The Morgan fingerprint density at radius 2 is 1.89 bits per heavy atom. The van der Waals surface area contributed by atoms with Crippen molar-refractivity contribution in [2.75, 3.05) is 26.9 Å². The number of pyridine rings is 1. The Kier molecular flexibility index (Phi) is 12.5. The number of methoxy groups -OCH3 is 1. The molecule has 7 rings (SSSR count). The van der Waals surface area contributed by atoms with E-state index in [9.17, 15) is 40.8 Å². The average molecular weight is 876 g/mol. The Balaban J connectivity index is 1.25. The zero-order chi connectivity index (χ0) is 44.1. The summed E-state index contributed by atoms with van der Waals surface area (Å²) in [5.41, 5.74) is -2.70. The number of aromatic nitrogens is 1. The fraction of sp³-hybridized carbons (Fsp3) is 0.659. The van der Waals surface area contributed by atoms with E-state index in [4.69, 9.17) is 23.9 Å². The minimum absolute atomic E-state index is 0.0380. The van der Waals surface area contributed by atoms with Crippen LogP contribution in [0.5, 0.6) is 17.5 Å². The number of carbonyl (C=O) groups is 4. The molecule has 5 aliphatic rings. The molecule has 1 N–H and O–H groups in total. The molecule has 0 bridgehead atoms. The first-order valence-electron chi connectivity index (χ1n) is 21.3. The van der Waals surface area contributed by atoms with E-state index < -0.39 is 105 Å². The summed E-state index contributed by atoms with van der Waals surface area (Å²) in [5, 5.41) is 1.46. The number of rotatable bonds is 11. The molecule has 7 atom stereocenters. The molecule has 61 heavy (non-hydrogen) atoms. The molecule has 334 valence electrons.